The van der Waals surface area contributed by atoms with Crippen molar-refractivity contribution >= 4 is 28.5 Å². The molecule has 0 saturated carbocycles. The minimum absolute atomic E-state index is 0.0344. The first-order valence-electron chi connectivity index (χ1n) is 10.0. The number of benzene rings is 2. The number of nitrogens with one attached hydrogen (secondary N) is 1. The van der Waals surface area contributed by atoms with Crippen LogP contribution in [0.3, 0.4) is 0 Å². The maximum Gasteiger partial charge on any atom is 0.291 e. The molecule has 1 saturated heterocycles. The third kappa shape index (κ3) is 4.64. The highest BCUT2D eigenvalue weighted by Gasteiger charge is 2.19. The Morgan fingerprint density at radius 2 is 1.77 bits per heavy atom. The van der Waals surface area contributed by atoms with Crippen LogP contribution in [0.4, 0.5) is 5.69 Å². The van der Waals surface area contributed by atoms with Crippen LogP contribution in [0.2, 0.25) is 0 Å². The fourth-order valence-electron chi connectivity index (χ4n) is 3.42. The topological polar surface area (TPSA) is 90.2 Å². The number of hydrogen-bond donors (Lipinski definition) is 1. The van der Waals surface area contributed by atoms with Gasteiger partial charge in [0.1, 0.15) is 17.1 Å². The molecule has 0 unspecified atom stereocenters. The number of morpholine rings is 1. The lowest BCUT2D eigenvalue weighted by Gasteiger charge is -2.26. The molecule has 0 bridgehead atoms. The summed E-state index contributed by atoms with van der Waals surface area (Å²) in [5, 5.41) is 3.68. The minimum atomic E-state index is -0.344. The molecule has 1 aliphatic heterocycles. The Balaban J connectivity index is 1.37. The molecule has 2 aromatic carbocycles. The molecule has 2 amide bonds. The van der Waals surface area contributed by atoms with Crippen LogP contribution in [0.25, 0.3) is 11.0 Å². The molecule has 0 spiro atoms. The van der Waals surface area contributed by atoms with Crippen LogP contribution in [0.15, 0.2) is 46.9 Å². The van der Waals surface area contributed by atoms with Crippen molar-refractivity contribution in [3.63, 3.8) is 0 Å². The molecule has 1 aromatic heterocycles. The second-order valence-corrected chi connectivity index (χ2v) is 7.18. The summed E-state index contributed by atoms with van der Waals surface area (Å²) >= 11 is 0. The van der Waals surface area contributed by atoms with Gasteiger partial charge in [0.2, 0.25) is 0 Å². The lowest BCUT2D eigenvalue weighted by Crippen LogP contribution is -2.42. The van der Waals surface area contributed by atoms with E-state index in [0.29, 0.717) is 49.1 Å². The van der Waals surface area contributed by atoms with Gasteiger partial charge in [0.25, 0.3) is 11.8 Å². The van der Waals surface area contributed by atoms with Crippen molar-refractivity contribution in [1.82, 2.24) is 4.90 Å². The highest BCUT2D eigenvalue weighted by molar-refractivity contribution is 6.06. The van der Waals surface area contributed by atoms with Crippen molar-refractivity contribution in [1.29, 1.82) is 0 Å². The van der Waals surface area contributed by atoms with Gasteiger partial charge in [-0.2, -0.15) is 0 Å². The predicted molar refractivity (Wildman–Crippen MR) is 115 cm³/mol. The Hall–Kier alpha value is -3.52. The molecule has 4 rings (SSSR count). The van der Waals surface area contributed by atoms with Gasteiger partial charge in [-0.1, -0.05) is 0 Å². The molecule has 162 valence electrons. The van der Waals surface area contributed by atoms with Crippen LogP contribution in [0.1, 0.15) is 16.1 Å². The van der Waals surface area contributed by atoms with E-state index in [1.807, 2.05) is 19.1 Å². The predicted octanol–water partition coefficient (Wildman–Crippen LogP) is 3.24. The fraction of sp³-hybridized carbons (Fsp3) is 0.304. The number of amides is 2. The second kappa shape index (κ2) is 9.09. The molecule has 3 aromatic rings. The van der Waals surface area contributed by atoms with Crippen LogP contribution in [-0.2, 0) is 9.53 Å². The second-order valence-electron chi connectivity index (χ2n) is 7.18. The van der Waals surface area contributed by atoms with Gasteiger partial charge < -0.3 is 28.8 Å². The Bertz CT molecular complexity index is 1080. The van der Waals surface area contributed by atoms with E-state index in [2.05, 4.69) is 5.32 Å². The first-order valence-corrected chi connectivity index (χ1v) is 10.0. The van der Waals surface area contributed by atoms with E-state index in [4.69, 9.17) is 18.6 Å². The molecule has 1 aliphatic rings. The smallest absolute Gasteiger partial charge is 0.291 e. The van der Waals surface area contributed by atoms with E-state index >= 15 is 0 Å². The standard InChI is InChI=1S/C23H24N2O6/c1-15-19-8-7-18(28-2)13-20(19)31-22(15)23(27)24-16-3-5-17(6-4-16)30-14-21(26)25-9-11-29-12-10-25/h3-8,13H,9-12,14H2,1-2H3,(H,24,27). The van der Waals surface area contributed by atoms with E-state index in [1.165, 1.54) is 0 Å². The van der Waals surface area contributed by atoms with Crippen molar-refractivity contribution in [2.45, 2.75) is 6.92 Å². The number of aryl methyl sites for hydroxylation is 1. The summed E-state index contributed by atoms with van der Waals surface area (Å²) in [5.41, 5.74) is 1.95. The molecule has 8 nitrogen and oxygen atoms in total. The Morgan fingerprint density at radius 3 is 2.48 bits per heavy atom. The van der Waals surface area contributed by atoms with Gasteiger partial charge in [0.15, 0.2) is 12.4 Å². The quantitative estimate of drug-likeness (QED) is 0.653. The zero-order valence-corrected chi connectivity index (χ0v) is 17.5. The van der Waals surface area contributed by atoms with Gasteiger partial charge in [0, 0.05) is 35.8 Å². The van der Waals surface area contributed by atoms with E-state index in [-0.39, 0.29) is 24.2 Å². The lowest BCUT2D eigenvalue weighted by molar-refractivity contribution is -0.137. The number of hydrogen-bond acceptors (Lipinski definition) is 6. The van der Waals surface area contributed by atoms with Crippen LogP contribution < -0.4 is 14.8 Å². The number of anilines is 1. The molecule has 1 fully saturated rings. The molecule has 0 radical (unpaired) electrons. The van der Waals surface area contributed by atoms with Crippen LogP contribution >= 0.6 is 0 Å². The number of rotatable bonds is 6. The summed E-state index contributed by atoms with van der Waals surface area (Å²) in [6, 6.07) is 12.3. The zero-order valence-electron chi connectivity index (χ0n) is 17.5. The van der Waals surface area contributed by atoms with Crippen LogP contribution in [0, 0.1) is 6.92 Å². The van der Waals surface area contributed by atoms with E-state index < -0.39 is 0 Å². The molecular weight excluding hydrogens is 400 g/mol. The summed E-state index contributed by atoms with van der Waals surface area (Å²) < 4.78 is 21.8. The van der Waals surface area contributed by atoms with Crippen molar-refractivity contribution in [2.24, 2.45) is 0 Å². The van der Waals surface area contributed by atoms with Gasteiger partial charge in [-0.25, -0.2) is 0 Å². The molecular formula is C23H24N2O6. The molecule has 8 heteroatoms. The number of carbonyl (C=O) groups excluding carboxylic acids is 2. The zero-order chi connectivity index (χ0) is 21.8. The summed E-state index contributed by atoms with van der Waals surface area (Å²) in [6.07, 6.45) is 0. The Labute approximate surface area is 179 Å². The van der Waals surface area contributed by atoms with Crippen LogP contribution in [0.5, 0.6) is 11.5 Å². The largest absolute Gasteiger partial charge is 0.497 e. The highest BCUT2D eigenvalue weighted by Crippen LogP contribution is 2.29. The maximum absolute atomic E-state index is 12.7. The minimum Gasteiger partial charge on any atom is -0.497 e. The average molecular weight is 424 g/mol. The Kier molecular flexibility index (Phi) is 6.08. The summed E-state index contributed by atoms with van der Waals surface area (Å²) in [7, 11) is 1.58. The normalized spacial score (nSPS) is 13.8. The molecule has 31 heavy (non-hydrogen) atoms. The van der Waals surface area contributed by atoms with E-state index in [1.54, 1.807) is 42.3 Å². The average Bonchev–Trinajstić information content (AvgIpc) is 3.14. The summed E-state index contributed by atoms with van der Waals surface area (Å²) in [5.74, 6) is 1.05. The first-order chi connectivity index (χ1) is 15.0. The van der Waals surface area contributed by atoms with Gasteiger partial charge in [-0.15, -0.1) is 0 Å². The number of fused-ring (bicyclic) bond motifs is 1. The van der Waals surface area contributed by atoms with Gasteiger partial charge in [0.05, 0.1) is 20.3 Å². The third-order valence-electron chi connectivity index (χ3n) is 5.19. The number of ether oxygens (including phenoxy) is 3. The number of carbonyl (C=O) groups is 2. The third-order valence-corrected chi connectivity index (χ3v) is 5.19. The van der Waals surface area contributed by atoms with Gasteiger partial charge >= 0.3 is 0 Å². The lowest BCUT2D eigenvalue weighted by atomic mass is 10.1. The Morgan fingerprint density at radius 1 is 1.06 bits per heavy atom. The summed E-state index contributed by atoms with van der Waals surface area (Å²) in [6.45, 7) is 4.09. The van der Waals surface area contributed by atoms with E-state index in [0.717, 1.165) is 10.9 Å². The molecule has 0 aliphatic carbocycles. The van der Waals surface area contributed by atoms with E-state index in [9.17, 15) is 9.59 Å². The van der Waals surface area contributed by atoms with Crippen LogP contribution in [-0.4, -0.2) is 56.7 Å². The number of furan rings is 1. The monoisotopic (exact) mass is 424 g/mol. The SMILES string of the molecule is COc1ccc2c(C)c(C(=O)Nc3ccc(OCC(=O)N4CCOCC4)cc3)oc2c1. The molecule has 2 heterocycles. The summed E-state index contributed by atoms with van der Waals surface area (Å²) in [4.78, 5) is 26.6. The molecule has 1 N–H and O–H groups in total. The highest BCUT2D eigenvalue weighted by atomic mass is 16.5. The number of nitrogens with zero attached hydrogens (tertiary/aromatic N) is 1. The van der Waals surface area contributed by atoms with Crippen molar-refractivity contribution in [3.8, 4) is 11.5 Å². The maximum atomic E-state index is 12.7. The first kappa shape index (κ1) is 20.7. The van der Waals surface area contributed by atoms with Crippen molar-refractivity contribution in [3.05, 3.63) is 53.8 Å². The molecule has 0 atom stereocenters. The van der Waals surface area contributed by atoms with Crippen molar-refractivity contribution < 1.29 is 28.2 Å². The number of methoxy groups -OCH3 is 1. The fourth-order valence-corrected chi connectivity index (χ4v) is 3.42. The van der Waals surface area contributed by atoms with Crippen molar-refractivity contribution in [2.75, 3.05) is 45.3 Å². The van der Waals surface area contributed by atoms with Gasteiger partial charge in [-0.3, -0.25) is 9.59 Å². The van der Waals surface area contributed by atoms with Gasteiger partial charge in [-0.05, 0) is 43.3 Å².